The molecule has 2 saturated heterocycles. The summed E-state index contributed by atoms with van der Waals surface area (Å²) in [5.41, 5.74) is 1.25. The highest BCUT2D eigenvalue weighted by Gasteiger charge is 2.30. The van der Waals surface area contributed by atoms with Gasteiger partial charge in [-0.05, 0) is 44.0 Å². The van der Waals surface area contributed by atoms with Gasteiger partial charge in [0.25, 0.3) is 0 Å². The molecule has 29 heavy (non-hydrogen) atoms. The number of aromatic nitrogens is 1. The number of likely N-dealkylation sites (N-methyl/N-ethyl adjacent to an activating group) is 1. The topological polar surface area (TPSA) is 59.0 Å². The van der Waals surface area contributed by atoms with E-state index in [1.54, 1.807) is 0 Å². The number of anilines is 1. The van der Waals surface area contributed by atoms with Gasteiger partial charge in [0.2, 0.25) is 0 Å². The molecule has 3 fully saturated rings. The average Bonchev–Trinajstić information content (AvgIpc) is 3.44. The third-order valence-electron chi connectivity index (χ3n) is 6.72. The van der Waals surface area contributed by atoms with Crippen LogP contribution in [0.3, 0.4) is 0 Å². The molecule has 1 atom stereocenters. The number of nitrogens with one attached hydrogen (secondary N) is 2. The van der Waals surface area contributed by atoms with Gasteiger partial charge >= 0.3 is 0 Å². The molecule has 3 aliphatic rings. The zero-order valence-electron chi connectivity index (χ0n) is 18.1. The molecule has 160 valence electrons. The maximum absolute atomic E-state index is 4.59. The minimum Gasteiger partial charge on any atom is -0.354 e. The standard InChI is InChI=1S/C22H37N7/c1-23-22(26-19-8-10-29(17-19)20-5-3-4-6-20)25-16-18-7-9-24-21(15-18)28-13-11-27(2)12-14-28/h7,9,15,19-20H,3-6,8,10-14,16-17H2,1-2H3,(H2,23,25,26). The molecule has 0 aromatic carbocycles. The number of likely N-dealkylation sites (tertiary alicyclic amines) is 1. The Morgan fingerprint density at radius 3 is 2.69 bits per heavy atom. The Morgan fingerprint density at radius 2 is 1.93 bits per heavy atom. The van der Waals surface area contributed by atoms with Crippen LogP contribution < -0.4 is 15.5 Å². The SMILES string of the molecule is CN=C(NCc1ccnc(N2CCN(C)CC2)c1)NC1CCN(C2CCCC2)C1. The number of aliphatic imine (C=N–C) groups is 1. The minimum atomic E-state index is 0.500. The van der Waals surface area contributed by atoms with Crippen LogP contribution >= 0.6 is 0 Å². The van der Waals surface area contributed by atoms with Gasteiger partial charge in [0, 0.05) is 71.1 Å². The second-order valence-electron chi connectivity index (χ2n) is 8.80. The van der Waals surface area contributed by atoms with Gasteiger partial charge in [-0.1, -0.05) is 12.8 Å². The van der Waals surface area contributed by atoms with Gasteiger partial charge in [-0.25, -0.2) is 4.98 Å². The van der Waals surface area contributed by atoms with E-state index in [4.69, 9.17) is 0 Å². The van der Waals surface area contributed by atoms with E-state index in [1.165, 1.54) is 44.2 Å². The molecule has 7 nitrogen and oxygen atoms in total. The van der Waals surface area contributed by atoms with Crippen molar-refractivity contribution in [2.75, 3.05) is 58.3 Å². The quantitative estimate of drug-likeness (QED) is 0.578. The maximum atomic E-state index is 4.59. The highest BCUT2D eigenvalue weighted by Crippen LogP contribution is 2.26. The Balaban J connectivity index is 1.26. The van der Waals surface area contributed by atoms with Gasteiger partial charge in [-0.2, -0.15) is 0 Å². The monoisotopic (exact) mass is 399 g/mol. The second kappa shape index (κ2) is 9.76. The average molecular weight is 400 g/mol. The lowest BCUT2D eigenvalue weighted by Crippen LogP contribution is -2.45. The number of rotatable bonds is 5. The lowest BCUT2D eigenvalue weighted by atomic mass is 10.2. The fourth-order valence-corrected chi connectivity index (χ4v) is 4.86. The molecular weight excluding hydrogens is 362 g/mol. The van der Waals surface area contributed by atoms with Crippen LogP contribution in [0.25, 0.3) is 0 Å². The first-order valence-corrected chi connectivity index (χ1v) is 11.3. The zero-order chi connectivity index (χ0) is 20.1. The normalized spacial score (nSPS) is 25.0. The van der Waals surface area contributed by atoms with E-state index in [1.807, 2.05) is 13.2 Å². The number of guanidine groups is 1. The predicted octanol–water partition coefficient (Wildman–Crippen LogP) is 1.52. The fraction of sp³-hybridized carbons (Fsp3) is 0.727. The molecule has 4 rings (SSSR count). The van der Waals surface area contributed by atoms with Crippen LogP contribution in [0.1, 0.15) is 37.7 Å². The number of pyridine rings is 1. The van der Waals surface area contributed by atoms with Crippen LogP contribution in [0.5, 0.6) is 0 Å². The first kappa shape index (κ1) is 20.4. The van der Waals surface area contributed by atoms with Gasteiger partial charge in [0.1, 0.15) is 5.82 Å². The summed E-state index contributed by atoms with van der Waals surface area (Å²) in [5, 5.41) is 7.14. The number of piperazine rings is 1. The van der Waals surface area contributed by atoms with Crippen molar-refractivity contribution in [3.8, 4) is 0 Å². The van der Waals surface area contributed by atoms with E-state index in [0.29, 0.717) is 6.04 Å². The highest BCUT2D eigenvalue weighted by molar-refractivity contribution is 5.80. The van der Waals surface area contributed by atoms with Gasteiger partial charge in [0.15, 0.2) is 5.96 Å². The third kappa shape index (κ3) is 5.39. The highest BCUT2D eigenvalue weighted by atomic mass is 15.3. The summed E-state index contributed by atoms with van der Waals surface area (Å²) in [5.74, 6) is 1.99. The maximum Gasteiger partial charge on any atom is 0.191 e. The first-order chi connectivity index (χ1) is 14.2. The molecule has 1 unspecified atom stereocenters. The molecule has 0 bridgehead atoms. The smallest absolute Gasteiger partial charge is 0.191 e. The van der Waals surface area contributed by atoms with Crippen molar-refractivity contribution in [1.29, 1.82) is 0 Å². The Kier molecular flexibility index (Phi) is 6.87. The lowest BCUT2D eigenvalue weighted by molar-refractivity contribution is 0.242. The number of nitrogens with zero attached hydrogens (tertiary/aromatic N) is 5. The minimum absolute atomic E-state index is 0.500. The molecule has 0 amide bonds. The zero-order valence-corrected chi connectivity index (χ0v) is 18.1. The summed E-state index contributed by atoms with van der Waals surface area (Å²) in [6, 6.07) is 5.63. The van der Waals surface area contributed by atoms with E-state index < -0.39 is 0 Å². The predicted molar refractivity (Wildman–Crippen MR) is 120 cm³/mol. The summed E-state index contributed by atoms with van der Waals surface area (Å²) in [6.07, 6.45) is 8.72. The van der Waals surface area contributed by atoms with Crippen LogP contribution in [-0.2, 0) is 6.54 Å². The van der Waals surface area contributed by atoms with Gasteiger partial charge < -0.3 is 20.4 Å². The van der Waals surface area contributed by atoms with Crippen LogP contribution in [-0.4, -0.2) is 86.2 Å². The van der Waals surface area contributed by atoms with E-state index in [0.717, 1.165) is 57.1 Å². The fourth-order valence-electron chi connectivity index (χ4n) is 4.86. The van der Waals surface area contributed by atoms with Crippen molar-refractivity contribution in [2.24, 2.45) is 4.99 Å². The molecule has 1 saturated carbocycles. The molecule has 3 heterocycles. The van der Waals surface area contributed by atoms with Crippen molar-refractivity contribution in [1.82, 2.24) is 25.4 Å². The summed E-state index contributed by atoms with van der Waals surface area (Å²) in [7, 11) is 4.04. The van der Waals surface area contributed by atoms with Gasteiger partial charge in [-0.15, -0.1) is 0 Å². The largest absolute Gasteiger partial charge is 0.354 e. The Labute approximate surface area is 175 Å². The molecule has 1 aromatic rings. The number of hydrogen-bond acceptors (Lipinski definition) is 5. The summed E-state index contributed by atoms with van der Waals surface area (Å²) in [4.78, 5) is 16.5. The molecule has 7 heteroatoms. The van der Waals surface area contributed by atoms with Gasteiger partial charge in [-0.3, -0.25) is 9.89 Å². The molecule has 1 aromatic heterocycles. The van der Waals surface area contributed by atoms with E-state index >= 15 is 0 Å². The Bertz CT molecular complexity index is 677. The molecular formula is C22H37N7. The Morgan fingerprint density at radius 1 is 1.14 bits per heavy atom. The Hall–Kier alpha value is -1.86. The van der Waals surface area contributed by atoms with Crippen LogP contribution in [0, 0.1) is 0 Å². The molecule has 1 aliphatic carbocycles. The molecule has 0 radical (unpaired) electrons. The van der Waals surface area contributed by atoms with Crippen LogP contribution in [0.4, 0.5) is 5.82 Å². The van der Waals surface area contributed by atoms with Crippen molar-refractivity contribution < 1.29 is 0 Å². The van der Waals surface area contributed by atoms with Crippen LogP contribution in [0.2, 0.25) is 0 Å². The summed E-state index contributed by atoms with van der Waals surface area (Å²) >= 11 is 0. The van der Waals surface area contributed by atoms with Crippen molar-refractivity contribution in [3.05, 3.63) is 23.9 Å². The van der Waals surface area contributed by atoms with Crippen molar-refractivity contribution in [2.45, 2.75) is 50.7 Å². The summed E-state index contributed by atoms with van der Waals surface area (Å²) < 4.78 is 0. The summed E-state index contributed by atoms with van der Waals surface area (Å²) in [6.45, 7) is 7.42. The van der Waals surface area contributed by atoms with Crippen molar-refractivity contribution in [3.63, 3.8) is 0 Å². The van der Waals surface area contributed by atoms with Gasteiger partial charge in [0.05, 0.1) is 0 Å². The van der Waals surface area contributed by atoms with E-state index in [-0.39, 0.29) is 0 Å². The molecule has 0 spiro atoms. The molecule has 2 aliphatic heterocycles. The van der Waals surface area contributed by atoms with E-state index in [2.05, 4.69) is 54.5 Å². The second-order valence-corrected chi connectivity index (χ2v) is 8.80. The molecule has 2 N–H and O–H groups in total. The first-order valence-electron chi connectivity index (χ1n) is 11.3. The van der Waals surface area contributed by atoms with E-state index in [9.17, 15) is 0 Å². The van der Waals surface area contributed by atoms with Crippen LogP contribution in [0.15, 0.2) is 23.3 Å². The number of hydrogen-bond donors (Lipinski definition) is 2. The van der Waals surface area contributed by atoms with Crippen molar-refractivity contribution >= 4 is 11.8 Å². The lowest BCUT2D eigenvalue weighted by Gasteiger charge is -2.33. The third-order valence-corrected chi connectivity index (χ3v) is 6.72.